The van der Waals surface area contributed by atoms with Crippen molar-refractivity contribution in [1.82, 2.24) is 15.3 Å². The van der Waals surface area contributed by atoms with Crippen LogP contribution in [0.2, 0.25) is 0 Å². The van der Waals surface area contributed by atoms with Crippen molar-refractivity contribution >= 4 is 39.4 Å². The average molecular weight is 379 g/mol. The van der Waals surface area contributed by atoms with Gasteiger partial charge in [-0.15, -0.1) is 0 Å². The van der Waals surface area contributed by atoms with Gasteiger partial charge in [-0.2, -0.15) is 0 Å². The predicted molar refractivity (Wildman–Crippen MR) is 105 cm³/mol. The number of pyridine rings is 1. The smallest absolute Gasteiger partial charge is 0.252 e. The largest absolute Gasteiger partial charge is 0.390 e. The summed E-state index contributed by atoms with van der Waals surface area (Å²) in [7, 11) is 0. The molecule has 2 saturated heterocycles. The first-order valence-corrected chi connectivity index (χ1v) is 9.42. The van der Waals surface area contributed by atoms with E-state index in [1.54, 1.807) is 0 Å². The van der Waals surface area contributed by atoms with Crippen molar-refractivity contribution in [3.05, 3.63) is 36.0 Å². The molecule has 0 bridgehead atoms. The number of aliphatic hydroxyl groups is 1. The van der Waals surface area contributed by atoms with Crippen LogP contribution in [-0.4, -0.2) is 52.6 Å². The molecule has 1 spiro atoms. The highest BCUT2D eigenvalue weighted by molar-refractivity contribution is 6.18. The Hall–Kier alpha value is -3.13. The number of H-pyrrole nitrogens is 1. The van der Waals surface area contributed by atoms with Crippen LogP contribution in [0, 0.1) is 5.41 Å². The Balaban J connectivity index is 1.70. The number of para-hydroxylation sites is 1. The molecule has 2 aliphatic rings. The Kier molecular flexibility index (Phi) is 3.60. The molecule has 2 amide bonds. The third kappa shape index (κ3) is 2.24. The monoisotopic (exact) mass is 379 g/mol. The van der Waals surface area contributed by atoms with Crippen molar-refractivity contribution in [3.8, 4) is 0 Å². The quantitative estimate of drug-likeness (QED) is 0.526. The molecule has 2 atom stereocenters. The van der Waals surface area contributed by atoms with E-state index in [0.29, 0.717) is 29.9 Å². The number of carbonyl (C=O) groups excluding carboxylic acids is 2. The van der Waals surface area contributed by atoms with Gasteiger partial charge >= 0.3 is 0 Å². The van der Waals surface area contributed by atoms with Gasteiger partial charge in [-0.05, 0) is 18.9 Å². The number of aliphatic hydroxyl groups excluding tert-OH is 1. The summed E-state index contributed by atoms with van der Waals surface area (Å²) in [6.07, 6.45) is 2.19. The molecule has 4 heterocycles. The van der Waals surface area contributed by atoms with Crippen LogP contribution in [0.5, 0.6) is 0 Å². The molecule has 3 aromatic rings. The molecule has 2 aromatic heterocycles. The second-order valence-corrected chi connectivity index (χ2v) is 7.69. The Morgan fingerprint density at radius 3 is 2.93 bits per heavy atom. The van der Waals surface area contributed by atoms with Crippen LogP contribution < -0.4 is 16.0 Å². The Morgan fingerprint density at radius 2 is 2.18 bits per heavy atom. The van der Waals surface area contributed by atoms with E-state index in [9.17, 15) is 14.7 Å². The number of hydrogen-bond donors (Lipinski definition) is 4. The number of rotatable bonds is 2. The number of benzene rings is 1. The zero-order valence-corrected chi connectivity index (χ0v) is 15.2. The highest BCUT2D eigenvalue weighted by Crippen LogP contribution is 2.41. The van der Waals surface area contributed by atoms with E-state index in [2.05, 4.69) is 15.3 Å². The van der Waals surface area contributed by atoms with Gasteiger partial charge in [-0.3, -0.25) is 9.59 Å². The summed E-state index contributed by atoms with van der Waals surface area (Å²) in [5, 5.41) is 15.0. The summed E-state index contributed by atoms with van der Waals surface area (Å²) in [5.74, 6) is 0.0494. The predicted octanol–water partition coefficient (Wildman–Crippen LogP) is 0.892. The van der Waals surface area contributed by atoms with E-state index in [0.717, 1.165) is 29.3 Å². The third-order valence-corrected chi connectivity index (χ3v) is 6.15. The fourth-order valence-corrected chi connectivity index (χ4v) is 4.69. The first-order valence-electron chi connectivity index (χ1n) is 9.42. The molecule has 8 nitrogen and oxygen atoms in total. The summed E-state index contributed by atoms with van der Waals surface area (Å²) < 4.78 is 0. The van der Waals surface area contributed by atoms with E-state index in [4.69, 9.17) is 5.73 Å². The Bertz CT molecular complexity index is 1120. The molecule has 2 aliphatic heterocycles. The number of β-amino-alcohol motifs (C(OH)–C–C–N with tert-alkyl or cyclic N) is 1. The minimum atomic E-state index is -0.819. The van der Waals surface area contributed by atoms with Gasteiger partial charge in [-0.1, -0.05) is 18.2 Å². The van der Waals surface area contributed by atoms with Crippen LogP contribution in [0.15, 0.2) is 30.5 Å². The molecule has 2 fully saturated rings. The number of nitrogens with zero attached hydrogens (tertiary/aromatic N) is 2. The van der Waals surface area contributed by atoms with Gasteiger partial charge in [0.25, 0.3) is 5.91 Å². The van der Waals surface area contributed by atoms with Crippen LogP contribution in [0.25, 0.3) is 21.8 Å². The van der Waals surface area contributed by atoms with Crippen molar-refractivity contribution in [2.75, 3.05) is 24.5 Å². The first kappa shape index (κ1) is 17.0. The summed E-state index contributed by atoms with van der Waals surface area (Å²) in [6, 6.07) is 7.77. The second kappa shape index (κ2) is 5.93. The fourth-order valence-electron chi connectivity index (χ4n) is 4.69. The maximum Gasteiger partial charge on any atom is 0.252 e. The van der Waals surface area contributed by atoms with E-state index < -0.39 is 17.4 Å². The molecule has 28 heavy (non-hydrogen) atoms. The zero-order valence-electron chi connectivity index (χ0n) is 15.2. The number of primary amides is 1. The molecule has 144 valence electrons. The molecule has 5 rings (SSSR count). The number of anilines is 1. The molecule has 8 heteroatoms. The lowest BCUT2D eigenvalue weighted by molar-refractivity contribution is -0.131. The maximum absolute atomic E-state index is 12.5. The molecular formula is C20H21N5O3. The summed E-state index contributed by atoms with van der Waals surface area (Å²) >= 11 is 0. The number of hydrogen-bond acceptors (Lipinski definition) is 5. The van der Waals surface area contributed by atoms with E-state index in [1.165, 1.54) is 6.20 Å². The van der Waals surface area contributed by atoms with E-state index >= 15 is 0 Å². The summed E-state index contributed by atoms with van der Waals surface area (Å²) in [6.45, 7) is 1.39. The Labute approximate surface area is 160 Å². The van der Waals surface area contributed by atoms with Crippen LogP contribution in [0.3, 0.4) is 0 Å². The molecule has 5 N–H and O–H groups in total. The van der Waals surface area contributed by atoms with Crippen LogP contribution >= 0.6 is 0 Å². The standard InChI is InChI=1S/C20H21N5O3/c21-17(27)12-8-22-18(15-11-4-1-2-5-13(11)24-16(12)15)25-7-3-6-20(10-25)14(26)9-23-19(20)28/h1-2,4-5,8,14,24,26H,3,6-7,9-10H2,(H2,21,27)(H,23,28)/t14-,20-/m0/s1. The van der Waals surface area contributed by atoms with Crippen LogP contribution in [0.1, 0.15) is 23.2 Å². The van der Waals surface area contributed by atoms with Gasteiger partial charge in [0.1, 0.15) is 5.82 Å². The van der Waals surface area contributed by atoms with Crippen molar-refractivity contribution in [1.29, 1.82) is 0 Å². The zero-order chi connectivity index (χ0) is 19.5. The molecule has 0 unspecified atom stereocenters. The third-order valence-electron chi connectivity index (χ3n) is 6.15. The lowest BCUT2D eigenvalue weighted by Crippen LogP contribution is -2.52. The van der Waals surface area contributed by atoms with E-state index in [-0.39, 0.29) is 12.5 Å². The highest BCUT2D eigenvalue weighted by Gasteiger charge is 2.52. The number of fused-ring (bicyclic) bond motifs is 3. The molecule has 0 aliphatic carbocycles. The number of nitrogens with two attached hydrogens (primary N) is 1. The number of nitrogens with one attached hydrogen (secondary N) is 2. The minimum Gasteiger partial charge on any atom is -0.390 e. The molecular weight excluding hydrogens is 358 g/mol. The Morgan fingerprint density at radius 1 is 1.36 bits per heavy atom. The van der Waals surface area contributed by atoms with Crippen molar-refractivity contribution in [3.63, 3.8) is 0 Å². The van der Waals surface area contributed by atoms with Crippen LogP contribution in [0.4, 0.5) is 5.82 Å². The number of aromatic nitrogens is 2. The molecule has 0 saturated carbocycles. The SMILES string of the molecule is NC(=O)c1cnc(N2CCC[C@@]3(C2)C(=O)NC[C@@H]3O)c2c1[nH]c1ccccc12. The van der Waals surface area contributed by atoms with Crippen molar-refractivity contribution in [2.24, 2.45) is 11.1 Å². The van der Waals surface area contributed by atoms with Crippen molar-refractivity contribution in [2.45, 2.75) is 18.9 Å². The van der Waals surface area contributed by atoms with Gasteiger partial charge in [0.15, 0.2) is 0 Å². The summed E-state index contributed by atoms with van der Waals surface area (Å²) in [5.41, 5.74) is 6.61. The first-order chi connectivity index (χ1) is 13.5. The van der Waals surface area contributed by atoms with Gasteiger partial charge in [0.05, 0.1) is 28.0 Å². The van der Waals surface area contributed by atoms with Crippen LogP contribution in [-0.2, 0) is 4.79 Å². The lowest BCUT2D eigenvalue weighted by Gasteiger charge is -2.41. The average Bonchev–Trinajstić information content (AvgIpc) is 3.21. The van der Waals surface area contributed by atoms with Gasteiger partial charge < -0.3 is 26.0 Å². The number of amides is 2. The number of piperidine rings is 1. The minimum absolute atomic E-state index is 0.103. The van der Waals surface area contributed by atoms with Crippen molar-refractivity contribution < 1.29 is 14.7 Å². The van der Waals surface area contributed by atoms with Gasteiger partial charge in [-0.25, -0.2) is 4.98 Å². The maximum atomic E-state index is 12.5. The topological polar surface area (TPSA) is 124 Å². The van der Waals surface area contributed by atoms with Gasteiger partial charge in [0, 0.05) is 36.7 Å². The normalized spacial score (nSPS) is 25.0. The van der Waals surface area contributed by atoms with Gasteiger partial charge in [0.2, 0.25) is 5.91 Å². The summed E-state index contributed by atoms with van der Waals surface area (Å²) in [4.78, 5) is 34.4. The number of carbonyl (C=O) groups is 2. The molecule has 1 aromatic carbocycles. The second-order valence-electron chi connectivity index (χ2n) is 7.69. The van der Waals surface area contributed by atoms with E-state index in [1.807, 2.05) is 29.2 Å². The lowest BCUT2D eigenvalue weighted by atomic mass is 9.76. The fraction of sp³-hybridized carbons (Fsp3) is 0.350. The highest BCUT2D eigenvalue weighted by atomic mass is 16.3. The number of aromatic amines is 1. The molecule has 0 radical (unpaired) electrons.